The summed E-state index contributed by atoms with van der Waals surface area (Å²) < 4.78 is 6.65. The fraction of sp³-hybridized carbons (Fsp3) is 0. The lowest BCUT2D eigenvalue weighted by Crippen LogP contribution is -1.82. The molecule has 0 aliphatic heterocycles. The van der Waals surface area contributed by atoms with E-state index in [-0.39, 0.29) is 5.75 Å². The highest BCUT2D eigenvalue weighted by molar-refractivity contribution is 9.10. The predicted molar refractivity (Wildman–Crippen MR) is 100 cm³/mol. The third-order valence-electron chi connectivity index (χ3n) is 3.64. The van der Waals surface area contributed by atoms with Crippen LogP contribution in [0.25, 0.3) is 22.6 Å². The van der Waals surface area contributed by atoms with Crippen LogP contribution in [-0.4, -0.2) is 21.3 Å². The molecule has 0 saturated carbocycles. The first-order chi connectivity index (χ1) is 12.2. The van der Waals surface area contributed by atoms with Crippen molar-refractivity contribution in [2.45, 2.75) is 0 Å². The van der Waals surface area contributed by atoms with Gasteiger partial charge in [0.05, 0.1) is 5.69 Å². The number of hydrogen-bond donors (Lipinski definition) is 1. The van der Waals surface area contributed by atoms with E-state index in [1.54, 1.807) is 36.8 Å². The molecule has 2 aromatic heterocycles. The molecule has 0 unspecified atom stereocenters. The van der Waals surface area contributed by atoms with Gasteiger partial charge in [-0.15, -0.1) is 0 Å². The zero-order valence-electron chi connectivity index (χ0n) is 12.9. The Balaban J connectivity index is 1.67. The minimum atomic E-state index is 0.175. The van der Waals surface area contributed by atoms with Gasteiger partial charge in [0.1, 0.15) is 11.3 Å². The molecular formula is C19H12BrN3O2. The molecule has 0 radical (unpaired) electrons. The van der Waals surface area contributed by atoms with Crippen LogP contribution in [0.5, 0.6) is 5.75 Å². The maximum atomic E-state index is 9.87. The average Bonchev–Trinajstić information content (AvgIpc) is 3.06. The molecular weight excluding hydrogens is 382 g/mol. The summed E-state index contributed by atoms with van der Waals surface area (Å²) in [6.07, 6.45) is 5.01. The molecule has 0 spiro atoms. The molecule has 4 aromatic rings. The van der Waals surface area contributed by atoms with Crippen molar-refractivity contribution < 1.29 is 9.52 Å². The normalized spacial score (nSPS) is 11.4. The Morgan fingerprint density at radius 2 is 1.88 bits per heavy atom. The van der Waals surface area contributed by atoms with Crippen LogP contribution in [0.3, 0.4) is 0 Å². The first-order valence-corrected chi connectivity index (χ1v) is 8.32. The number of hydrogen-bond acceptors (Lipinski definition) is 5. The Labute approximate surface area is 151 Å². The van der Waals surface area contributed by atoms with Gasteiger partial charge in [-0.3, -0.25) is 9.98 Å². The summed E-state index contributed by atoms with van der Waals surface area (Å²) >= 11 is 3.38. The summed E-state index contributed by atoms with van der Waals surface area (Å²) in [5.74, 6) is 0.720. The fourth-order valence-corrected chi connectivity index (χ4v) is 2.77. The summed E-state index contributed by atoms with van der Waals surface area (Å²) in [5.41, 5.74) is 3.64. The molecule has 0 bridgehead atoms. The summed E-state index contributed by atoms with van der Waals surface area (Å²) in [4.78, 5) is 12.9. The quantitative estimate of drug-likeness (QED) is 0.491. The molecule has 5 nitrogen and oxygen atoms in total. The summed E-state index contributed by atoms with van der Waals surface area (Å²) in [5, 5.41) is 9.87. The standard InChI is InChI=1S/C19H12BrN3O2/c20-14-1-3-17(24)13(9-14)11-22-15-2-4-18-16(10-15)23-19(25-18)12-5-7-21-8-6-12/h1-11,24H. The number of pyridine rings is 1. The molecule has 6 heteroatoms. The molecule has 1 N–H and O–H groups in total. The van der Waals surface area contributed by atoms with E-state index in [4.69, 9.17) is 4.42 Å². The van der Waals surface area contributed by atoms with E-state index < -0.39 is 0 Å². The van der Waals surface area contributed by atoms with Crippen LogP contribution >= 0.6 is 15.9 Å². The lowest BCUT2D eigenvalue weighted by Gasteiger charge is -1.99. The van der Waals surface area contributed by atoms with Crippen LogP contribution < -0.4 is 0 Å². The first-order valence-electron chi connectivity index (χ1n) is 7.53. The molecule has 122 valence electrons. The number of benzene rings is 2. The second-order valence-corrected chi connectivity index (χ2v) is 6.28. The Bertz CT molecular complexity index is 1070. The second-order valence-electron chi connectivity index (χ2n) is 5.37. The number of aliphatic imine (C=N–C) groups is 1. The van der Waals surface area contributed by atoms with Gasteiger partial charge < -0.3 is 9.52 Å². The number of fused-ring (bicyclic) bond motifs is 1. The maximum Gasteiger partial charge on any atom is 0.227 e. The summed E-state index contributed by atoms with van der Waals surface area (Å²) in [7, 11) is 0. The van der Waals surface area contributed by atoms with Crippen molar-refractivity contribution in [1.29, 1.82) is 0 Å². The number of nitrogens with zero attached hydrogens (tertiary/aromatic N) is 3. The van der Waals surface area contributed by atoms with Gasteiger partial charge >= 0.3 is 0 Å². The van der Waals surface area contributed by atoms with E-state index in [0.717, 1.165) is 21.2 Å². The van der Waals surface area contributed by atoms with Crippen LogP contribution in [0.4, 0.5) is 5.69 Å². The van der Waals surface area contributed by atoms with Gasteiger partial charge in [0.15, 0.2) is 5.58 Å². The van der Waals surface area contributed by atoms with Crippen LogP contribution in [0.1, 0.15) is 5.56 Å². The monoisotopic (exact) mass is 393 g/mol. The first kappa shape index (κ1) is 15.5. The van der Waals surface area contributed by atoms with Gasteiger partial charge in [0.2, 0.25) is 5.89 Å². The van der Waals surface area contributed by atoms with Crippen molar-refractivity contribution in [2.75, 3.05) is 0 Å². The highest BCUT2D eigenvalue weighted by atomic mass is 79.9. The zero-order chi connectivity index (χ0) is 17.2. The molecule has 0 amide bonds. The van der Waals surface area contributed by atoms with Crippen molar-refractivity contribution in [3.05, 3.63) is 71.0 Å². The molecule has 4 rings (SSSR count). The number of halogens is 1. The van der Waals surface area contributed by atoms with Gasteiger partial charge in [-0.1, -0.05) is 15.9 Å². The molecule has 2 aromatic carbocycles. The molecule has 2 heterocycles. The van der Waals surface area contributed by atoms with Gasteiger partial charge in [-0.25, -0.2) is 4.98 Å². The third kappa shape index (κ3) is 3.29. The number of oxazole rings is 1. The van der Waals surface area contributed by atoms with Crippen molar-refractivity contribution in [3.8, 4) is 17.2 Å². The van der Waals surface area contributed by atoms with E-state index in [1.165, 1.54) is 0 Å². The van der Waals surface area contributed by atoms with E-state index in [0.29, 0.717) is 17.0 Å². The Kier molecular flexibility index (Phi) is 4.03. The van der Waals surface area contributed by atoms with Crippen molar-refractivity contribution in [3.63, 3.8) is 0 Å². The third-order valence-corrected chi connectivity index (χ3v) is 4.13. The highest BCUT2D eigenvalue weighted by Gasteiger charge is 2.08. The van der Waals surface area contributed by atoms with E-state index in [1.807, 2.05) is 30.3 Å². The predicted octanol–water partition coefficient (Wildman–Crippen LogP) is 5.11. The molecule has 0 fully saturated rings. The van der Waals surface area contributed by atoms with Crippen LogP contribution in [-0.2, 0) is 0 Å². The Morgan fingerprint density at radius 3 is 2.72 bits per heavy atom. The van der Waals surface area contributed by atoms with Crippen molar-refractivity contribution >= 4 is 38.9 Å². The van der Waals surface area contributed by atoms with Crippen LogP contribution in [0.2, 0.25) is 0 Å². The van der Waals surface area contributed by atoms with Crippen LogP contribution in [0, 0.1) is 0 Å². The van der Waals surface area contributed by atoms with Gasteiger partial charge in [-0.05, 0) is 48.5 Å². The van der Waals surface area contributed by atoms with Crippen LogP contribution in [0.15, 0.2) is 74.8 Å². The molecule has 25 heavy (non-hydrogen) atoms. The number of phenols is 1. The van der Waals surface area contributed by atoms with Crippen molar-refractivity contribution in [1.82, 2.24) is 9.97 Å². The fourth-order valence-electron chi connectivity index (χ4n) is 2.39. The largest absolute Gasteiger partial charge is 0.507 e. The smallest absolute Gasteiger partial charge is 0.227 e. The molecule has 0 saturated heterocycles. The van der Waals surface area contributed by atoms with E-state index >= 15 is 0 Å². The topological polar surface area (TPSA) is 71.5 Å². The summed E-state index contributed by atoms with van der Waals surface area (Å²) in [6, 6.07) is 14.4. The SMILES string of the molecule is Oc1ccc(Br)cc1C=Nc1ccc2oc(-c3ccncc3)nc2c1. The van der Waals surface area contributed by atoms with Gasteiger partial charge in [0, 0.05) is 34.2 Å². The zero-order valence-corrected chi connectivity index (χ0v) is 14.5. The molecule has 0 aliphatic carbocycles. The van der Waals surface area contributed by atoms with E-state index in [2.05, 4.69) is 30.9 Å². The second kappa shape index (κ2) is 6.49. The van der Waals surface area contributed by atoms with E-state index in [9.17, 15) is 5.11 Å². The minimum Gasteiger partial charge on any atom is -0.507 e. The number of aromatic nitrogens is 2. The summed E-state index contributed by atoms with van der Waals surface area (Å²) in [6.45, 7) is 0. The minimum absolute atomic E-state index is 0.175. The number of phenolic OH excluding ortho intramolecular Hbond substituents is 1. The average molecular weight is 394 g/mol. The highest BCUT2D eigenvalue weighted by Crippen LogP contribution is 2.27. The number of aromatic hydroxyl groups is 1. The van der Waals surface area contributed by atoms with Gasteiger partial charge in [0.25, 0.3) is 0 Å². The van der Waals surface area contributed by atoms with Crippen molar-refractivity contribution in [2.24, 2.45) is 4.99 Å². The molecule has 0 atom stereocenters. The Morgan fingerprint density at radius 1 is 1.04 bits per heavy atom. The molecule has 0 aliphatic rings. The maximum absolute atomic E-state index is 9.87. The van der Waals surface area contributed by atoms with Gasteiger partial charge in [-0.2, -0.15) is 0 Å². The lowest BCUT2D eigenvalue weighted by molar-refractivity contribution is 0.474. The number of rotatable bonds is 3. The Hall–Kier alpha value is -2.99. The lowest BCUT2D eigenvalue weighted by atomic mass is 10.2.